The van der Waals surface area contributed by atoms with E-state index in [0.29, 0.717) is 0 Å². The van der Waals surface area contributed by atoms with Crippen LogP contribution in [0.3, 0.4) is 0 Å². The second kappa shape index (κ2) is 8.00. The molecule has 2 aromatic carbocycles. The maximum Gasteiger partial charge on any atom is 0.229 e. The summed E-state index contributed by atoms with van der Waals surface area (Å²) in [7, 11) is 0. The van der Waals surface area contributed by atoms with Crippen LogP contribution in [0, 0.1) is 0 Å². The van der Waals surface area contributed by atoms with Crippen molar-refractivity contribution in [1.29, 1.82) is 0 Å². The molecule has 0 radical (unpaired) electrons. The van der Waals surface area contributed by atoms with Gasteiger partial charge >= 0.3 is 0 Å². The summed E-state index contributed by atoms with van der Waals surface area (Å²) in [6, 6.07) is 6.67. The molecule has 4 rings (SSSR count). The van der Waals surface area contributed by atoms with Crippen LogP contribution >= 0.6 is 0 Å². The Labute approximate surface area is 175 Å². The van der Waals surface area contributed by atoms with E-state index in [2.05, 4.69) is 0 Å². The fourth-order valence-electron chi connectivity index (χ4n) is 3.81. The minimum atomic E-state index is -1.71. The number of aliphatic hydroxyl groups is 5. The molecular weight excluding hydrogens is 412 g/mol. The number of carbonyl (C=O) groups excluding carboxylic acids is 2. The van der Waals surface area contributed by atoms with Gasteiger partial charge in [-0.15, -0.1) is 0 Å². The normalized spacial score (nSPS) is 27.6. The van der Waals surface area contributed by atoms with Gasteiger partial charge in [-0.05, 0) is 23.8 Å². The fraction of sp³-hybridized carbons (Fsp3) is 0.333. The summed E-state index contributed by atoms with van der Waals surface area (Å²) in [5.74, 6) is -1.93. The zero-order chi connectivity index (χ0) is 22.4. The zero-order valence-electron chi connectivity index (χ0n) is 16.0. The molecule has 6 N–H and O–H groups in total. The molecule has 0 bridgehead atoms. The van der Waals surface area contributed by atoms with E-state index in [-0.39, 0.29) is 33.6 Å². The number of fused-ring (bicyclic) bond motifs is 2. The van der Waals surface area contributed by atoms with Crippen molar-refractivity contribution in [3.63, 3.8) is 0 Å². The molecule has 164 valence electrons. The Kier molecular flexibility index (Phi) is 5.52. The average molecular weight is 432 g/mol. The summed E-state index contributed by atoms with van der Waals surface area (Å²) in [5, 5.41) is 59.0. The summed E-state index contributed by atoms with van der Waals surface area (Å²) >= 11 is 0. The second-order valence-electron chi connectivity index (χ2n) is 7.35. The van der Waals surface area contributed by atoms with Crippen molar-refractivity contribution in [2.45, 2.75) is 37.3 Å². The van der Waals surface area contributed by atoms with Crippen LogP contribution in [0.1, 0.15) is 37.4 Å². The number of carbonyl (C=O) groups is 2. The van der Waals surface area contributed by atoms with Gasteiger partial charge in [0.25, 0.3) is 0 Å². The number of ether oxygens (including phenoxy) is 2. The molecule has 5 atom stereocenters. The van der Waals surface area contributed by atoms with Crippen LogP contribution in [0.4, 0.5) is 0 Å². The van der Waals surface area contributed by atoms with Gasteiger partial charge in [0.05, 0.1) is 24.3 Å². The molecule has 1 saturated heterocycles. The van der Waals surface area contributed by atoms with Crippen molar-refractivity contribution in [2.75, 3.05) is 6.61 Å². The summed E-state index contributed by atoms with van der Waals surface area (Å²) in [5.41, 5.74) is -0.251. The number of phenolic OH excluding ortho intramolecular Hbond substituents is 1. The van der Waals surface area contributed by atoms with Crippen molar-refractivity contribution in [2.24, 2.45) is 0 Å². The number of phenols is 1. The lowest BCUT2D eigenvalue weighted by Gasteiger charge is -2.39. The highest BCUT2D eigenvalue weighted by Crippen LogP contribution is 2.38. The number of aromatic hydroxyl groups is 1. The SMILES string of the molecule is O=C1c2cc(CO)cc(O)c2C(=O)c2c(OC3O[C@H](CO)[C@@H](O)[C@H](O)[C@H]3O)cccc21. The smallest absolute Gasteiger partial charge is 0.229 e. The van der Waals surface area contributed by atoms with Crippen molar-refractivity contribution in [1.82, 2.24) is 0 Å². The molecule has 1 fully saturated rings. The number of aliphatic hydroxyl groups excluding tert-OH is 5. The molecule has 31 heavy (non-hydrogen) atoms. The quantitative estimate of drug-likeness (QED) is 0.295. The topological polar surface area (TPSA) is 174 Å². The van der Waals surface area contributed by atoms with Crippen LogP contribution in [0.25, 0.3) is 0 Å². The molecule has 10 heteroatoms. The van der Waals surface area contributed by atoms with Crippen molar-refractivity contribution in [3.05, 3.63) is 58.1 Å². The van der Waals surface area contributed by atoms with Gasteiger partial charge in [-0.3, -0.25) is 9.59 Å². The summed E-state index contributed by atoms with van der Waals surface area (Å²) in [6.45, 7) is -1.10. The maximum absolute atomic E-state index is 13.2. The van der Waals surface area contributed by atoms with Crippen LogP contribution in [0.15, 0.2) is 30.3 Å². The molecule has 1 unspecified atom stereocenters. The number of hydrogen-bond acceptors (Lipinski definition) is 10. The molecule has 0 aromatic heterocycles. The number of rotatable bonds is 4. The Morgan fingerprint density at radius 3 is 2.32 bits per heavy atom. The average Bonchev–Trinajstić information content (AvgIpc) is 2.77. The first-order valence-corrected chi connectivity index (χ1v) is 9.44. The van der Waals surface area contributed by atoms with E-state index in [1.807, 2.05) is 0 Å². The van der Waals surface area contributed by atoms with Crippen molar-refractivity contribution >= 4 is 11.6 Å². The fourth-order valence-corrected chi connectivity index (χ4v) is 3.81. The van der Waals surface area contributed by atoms with Gasteiger partial charge in [0.1, 0.15) is 35.9 Å². The van der Waals surface area contributed by atoms with E-state index in [4.69, 9.17) is 9.47 Å². The zero-order valence-corrected chi connectivity index (χ0v) is 16.0. The summed E-state index contributed by atoms with van der Waals surface area (Å²) < 4.78 is 10.9. The van der Waals surface area contributed by atoms with E-state index in [1.165, 1.54) is 30.3 Å². The van der Waals surface area contributed by atoms with E-state index >= 15 is 0 Å². The van der Waals surface area contributed by atoms with E-state index in [1.54, 1.807) is 0 Å². The van der Waals surface area contributed by atoms with Gasteiger partial charge in [0.15, 0.2) is 5.78 Å². The lowest BCUT2D eigenvalue weighted by Crippen LogP contribution is -2.60. The second-order valence-corrected chi connectivity index (χ2v) is 7.35. The molecule has 1 heterocycles. The van der Waals surface area contributed by atoms with Crippen LogP contribution in [-0.2, 0) is 11.3 Å². The van der Waals surface area contributed by atoms with Gasteiger partial charge < -0.3 is 40.1 Å². The molecule has 0 saturated carbocycles. The third-order valence-electron chi connectivity index (χ3n) is 5.42. The van der Waals surface area contributed by atoms with Gasteiger partial charge in [-0.2, -0.15) is 0 Å². The van der Waals surface area contributed by atoms with Gasteiger partial charge in [-0.1, -0.05) is 12.1 Å². The highest BCUT2D eigenvalue weighted by atomic mass is 16.7. The summed E-state index contributed by atoms with van der Waals surface area (Å²) in [6.07, 6.45) is -7.76. The Bertz CT molecular complexity index is 1050. The first-order chi connectivity index (χ1) is 14.8. The Hall–Kier alpha value is -2.86. The first-order valence-electron chi connectivity index (χ1n) is 9.44. The number of benzene rings is 2. The number of ketones is 2. The maximum atomic E-state index is 13.2. The monoisotopic (exact) mass is 432 g/mol. The largest absolute Gasteiger partial charge is 0.507 e. The minimum absolute atomic E-state index is 0.0194. The molecule has 2 aromatic rings. The molecule has 0 amide bonds. The lowest BCUT2D eigenvalue weighted by atomic mass is 9.82. The Balaban J connectivity index is 1.75. The van der Waals surface area contributed by atoms with Crippen LogP contribution in [-0.4, -0.2) is 79.5 Å². The predicted octanol–water partition coefficient (Wildman–Crippen LogP) is -1.16. The highest BCUT2D eigenvalue weighted by Gasteiger charge is 2.45. The number of hydrogen-bond donors (Lipinski definition) is 6. The van der Waals surface area contributed by atoms with Crippen molar-refractivity contribution in [3.8, 4) is 11.5 Å². The Morgan fingerprint density at radius 1 is 0.903 bits per heavy atom. The molecule has 0 spiro atoms. The third kappa shape index (κ3) is 3.39. The molecule has 2 aliphatic rings. The van der Waals surface area contributed by atoms with E-state index < -0.39 is 61.2 Å². The van der Waals surface area contributed by atoms with Crippen LogP contribution in [0.2, 0.25) is 0 Å². The molecule has 10 nitrogen and oxygen atoms in total. The lowest BCUT2D eigenvalue weighted by molar-refractivity contribution is -0.277. The summed E-state index contributed by atoms with van der Waals surface area (Å²) in [4.78, 5) is 26.2. The molecule has 1 aliphatic heterocycles. The van der Waals surface area contributed by atoms with Gasteiger partial charge in [-0.25, -0.2) is 0 Å². The van der Waals surface area contributed by atoms with Gasteiger partial charge in [0.2, 0.25) is 12.1 Å². The van der Waals surface area contributed by atoms with Crippen molar-refractivity contribution < 1.29 is 49.7 Å². The highest BCUT2D eigenvalue weighted by molar-refractivity contribution is 6.30. The van der Waals surface area contributed by atoms with Gasteiger partial charge in [0, 0.05) is 11.1 Å². The third-order valence-corrected chi connectivity index (χ3v) is 5.42. The van der Waals surface area contributed by atoms with Crippen LogP contribution < -0.4 is 4.74 Å². The van der Waals surface area contributed by atoms with Crippen LogP contribution in [0.5, 0.6) is 11.5 Å². The van der Waals surface area contributed by atoms with E-state index in [0.717, 1.165) is 0 Å². The predicted molar refractivity (Wildman–Crippen MR) is 102 cm³/mol. The molecular formula is C21H20O10. The molecule has 1 aliphatic carbocycles. The van der Waals surface area contributed by atoms with E-state index in [9.17, 15) is 40.2 Å². The standard InChI is InChI=1S/C21H20O10/c22-6-8-4-10-14(11(24)5-8)18(27)15-9(16(10)25)2-1-3-12(15)30-21-20(29)19(28)17(26)13(7-23)31-21/h1-5,13,17,19-24,26,28-29H,6-7H2/t13-,17-,19+,20-,21?/m1/s1. The minimum Gasteiger partial charge on any atom is -0.507 e. The Morgan fingerprint density at radius 2 is 1.65 bits per heavy atom. The first kappa shape index (κ1) is 21.4.